The predicted molar refractivity (Wildman–Crippen MR) is 75.1 cm³/mol. The monoisotopic (exact) mass is 287 g/mol. The topological polar surface area (TPSA) is 57.8 Å². The van der Waals surface area contributed by atoms with Crippen LogP contribution in [-0.4, -0.2) is 15.9 Å². The maximum absolute atomic E-state index is 13.1. The van der Waals surface area contributed by atoms with Crippen molar-refractivity contribution in [3.05, 3.63) is 59.4 Å². The van der Waals surface area contributed by atoms with Gasteiger partial charge in [0.25, 0.3) is 5.91 Å². The Kier molecular flexibility index (Phi) is 3.13. The fourth-order valence-electron chi connectivity index (χ4n) is 2.06. The predicted octanol–water partition coefficient (Wildman–Crippen LogP) is 3.40. The Balaban J connectivity index is 1.86. The number of aromatic nitrogens is 2. The molecule has 2 aromatic carbocycles. The highest BCUT2D eigenvalue weighted by Crippen LogP contribution is 2.18. The van der Waals surface area contributed by atoms with Crippen molar-refractivity contribution in [1.82, 2.24) is 9.97 Å². The zero-order chi connectivity index (χ0) is 15.0. The average molecular weight is 287 g/mol. The van der Waals surface area contributed by atoms with Crippen molar-refractivity contribution in [1.29, 1.82) is 0 Å². The highest BCUT2D eigenvalue weighted by Gasteiger charge is 2.10. The Morgan fingerprint density at radius 1 is 1.14 bits per heavy atom. The number of hydrogen-bond donors (Lipinski definition) is 2. The van der Waals surface area contributed by atoms with E-state index < -0.39 is 17.5 Å². The van der Waals surface area contributed by atoms with E-state index in [9.17, 15) is 13.6 Å². The smallest absolute Gasteiger partial charge is 0.255 e. The second-order valence-electron chi connectivity index (χ2n) is 4.64. The van der Waals surface area contributed by atoms with Gasteiger partial charge in [-0.15, -0.1) is 0 Å². The minimum atomic E-state index is -1.05. The third kappa shape index (κ3) is 2.60. The maximum Gasteiger partial charge on any atom is 0.255 e. The highest BCUT2D eigenvalue weighted by molar-refractivity contribution is 6.04. The number of hydrogen-bond acceptors (Lipinski definition) is 2. The van der Waals surface area contributed by atoms with E-state index in [1.54, 1.807) is 18.2 Å². The molecule has 3 rings (SSSR count). The van der Waals surface area contributed by atoms with Gasteiger partial charge in [-0.3, -0.25) is 4.79 Å². The molecule has 0 bridgehead atoms. The van der Waals surface area contributed by atoms with E-state index in [1.165, 1.54) is 6.07 Å². The number of rotatable bonds is 2. The van der Waals surface area contributed by atoms with Crippen molar-refractivity contribution < 1.29 is 13.6 Å². The van der Waals surface area contributed by atoms with Gasteiger partial charge in [0.05, 0.1) is 11.0 Å². The SMILES string of the molecule is Cc1nc2ccc(NC(=O)c3ccc(F)c(F)c3)cc2[nH]1. The lowest BCUT2D eigenvalue weighted by Crippen LogP contribution is -2.12. The molecule has 0 fully saturated rings. The number of aryl methyl sites for hydroxylation is 1. The average Bonchev–Trinajstić information content (AvgIpc) is 2.81. The van der Waals surface area contributed by atoms with Crippen LogP contribution in [0.2, 0.25) is 0 Å². The lowest BCUT2D eigenvalue weighted by atomic mass is 10.2. The van der Waals surface area contributed by atoms with Gasteiger partial charge in [0.1, 0.15) is 5.82 Å². The molecule has 4 nitrogen and oxygen atoms in total. The summed E-state index contributed by atoms with van der Waals surface area (Å²) in [6, 6.07) is 8.20. The number of carbonyl (C=O) groups excluding carboxylic acids is 1. The lowest BCUT2D eigenvalue weighted by molar-refractivity contribution is 0.102. The first-order valence-electron chi connectivity index (χ1n) is 6.26. The Labute approximate surface area is 118 Å². The summed E-state index contributed by atoms with van der Waals surface area (Å²) in [6.45, 7) is 1.83. The van der Waals surface area contributed by atoms with Crippen molar-refractivity contribution >= 4 is 22.6 Å². The van der Waals surface area contributed by atoms with Crippen LogP contribution in [0.3, 0.4) is 0 Å². The largest absolute Gasteiger partial charge is 0.342 e. The molecule has 0 saturated carbocycles. The number of H-pyrrole nitrogens is 1. The molecule has 0 aliphatic heterocycles. The molecule has 1 amide bonds. The van der Waals surface area contributed by atoms with Crippen molar-refractivity contribution in [3.63, 3.8) is 0 Å². The fraction of sp³-hybridized carbons (Fsp3) is 0.0667. The molecule has 0 radical (unpaired) electrons. The van der Waals surface area contributed by atoms with Crippen molar-refractivity contribution in [2.75, 3.05) is 5.32 Å². The molecular formula is C15H11F2N3O. The Morgan fingerprint density at radius 3 is 2.71 bits per heavy atom. The van der Waals surface area contributed by atoms with Gasteiger partial charge in [-0.1, -0.05) is 0 Å². The second-order valence-corrected chi connectivity index (χ2v) is 4.64. The van der Waals surface area contributed by atoms with Crippen LogP contribution in [0, 0.1) is 18.6 Å². The van der Waals surface area contributed by atoms with Crippen molar-refractivity contribution in [2.45, 2.75) is 6.92 Å². The van der Waals surface area contributed by atoms with E-state index in [4.69, 9.17) is 0 Å². The molecule has 0 aliphatic rings. The van der Waals surface area contributed by atoms with E-state index in [0.29, 0.717) is 5.69 Å². The van der Waals surface area contributed by atoms with Gasteiger partial charge in [0.2, 0.25) is 0 Å². The van der Waals surface area contributed by atoms with E-state index in [-0.39, 0.29) is 5.56 Å². The molecule has 3 aromatic rings. The summed E-state index contributed by atoms with van der Waals surface area (Å²) in [7, 11) is 0. The molecule has 6 heteroatoms. The third-order valence-corrected chi connectivity index (χ3v) is 3.04. The van der Waals surface area contributed by atoms with Crippen LogP contribution < -0.4 is 5.32 Å². The number of anilines is 1. The quantitative estimate of drug-likeness (QED) is 0.759. The number of nitrogens with zero attached hydrogens (tertiary/aromatic N) is 1. The van der Waals surface area contributed by atoms with E-state index in [2.05, 4.69) is 15.3 Å². The number of benzene rings is 2. The number of aromatic amines is 1. The summed E-state index contributed by atoms with van der Waals surface area (Å²) in [5.41, 5.74) is 2.17. The van der Waals surface area contributed by atoms with Gasteiger partial charge in [0, 0.05) is 11.3 Å². The van der Waals surface area contributed by atoms with Gasteiger partial charge >= 0.3 is 0 Å². The van der Waals surface area contributed by atoms with Crippen LogP contribution in [0.5, 0.6) is 0 Å². The fourth-order valence-corrected chi connectivity index (χ4v) is 2.06. The summed E-state index contributed by atoms with van der Waals surface area (Å²) < 4.78 is 26.0. The van der Waals surface area contributed by atoms with E-state index >= 15 is 0 Å². The Bertz CT molecular complexity index is 842. The molecular weight excluding hydrogens is 276 g/mol. The first-order valence-corrected chi connectivity index (χ1v) is 6.26. The summed E-state index contributed by atoms with van der Waals surface area (Å²) in [5, 5.41) is 2.63. The molecule has 0 atom stereocenters. The minimum Gasteiger partial charge on any atom is -0.342 e. The zero-order valence-electron chi connectivity index (χ0n) is 11.1. The zero-order valence-corrected chi connectivity index (χ0v) is 11.1. The van der Waals surface area contributed by atoms with E-state index in [1.807, 2.05) is 6.92 Å². The Morgan fingerprint density at radius 2 is 1.95 bits per heavy atom. The summed E-state index contributed by atoms with van der Waals surface area (Å²) in [5.74, 6) is -1.78. The van der Waals surface area contributed by atoms with E-state index in [0.717, 1.165) is 29.0 Å². The summed E-state index contributed by atoms with van der Waals surface area (Å²) in [4.78, 5) is 19.3. The number of nitrogens with one attached hydrogen (secondary N) is 2. The normalized spacial score (nSPS) is 10.8. The van der Waals surface area contributed by atoms with Gasteiger partial charge in [-0.05, 0) is 43.3 Å². The first-order chi connectivity index (χ1) is 10.0. The molecule has 0 aliphatic carbocycles. The molecule has 106 valence electrons. The highest BCUT2D eigenvalue weighted by atomic mass is 19.2. The number of halogens is 2. The van der Waals surface area contributed by atoms with Gasteiger partial charge in [-0.25, -0.2) is 13.8 Å². The molecule has 1 aromatic heterocycles. The summed E-state index contributed by atoms with van der Waals surface area (Å²) in [6.07, 6.45) is 0. The van der Waals surface area contributed by atoms with Gasteiger partial charge in [0.15, 0.2) is 11.6 Å². The van der Waals surface area contributed by atoms with Crippen LogP contribution in [-0.2, 0) is 0 Å². The second kappa shape index (κ2) is 4.97. The van der Waals surface area contributed by atoms with Crippen LogP contribution in [0.4, 0.5) is 14.5 Å². The summed E-state index contributed by atoms with van der Waals surface area (Å²) >= 11 is 0. The number of amides is 1. The molecule has 21 heavy (non-hydrogen) atoms. The van der Waals surface area contributed by atoms with Crippen molar-refractivity contribution in [2.24, 2.45) is 0 Å². The molecule has 0 saturated heterocycles. The molecule has 1 heterocycles. The number of fused-ring (bicyclic) bond motifs is 1. The van der Waals surface area contributed by atoms with Crippen LogP contribution >= 0.6 is 0 Å². The molecule has 0 unspecified atom stereocenters. The molecule has 0 spiro atoms. The number of imidazole rings is 1. The standard InChI is InChI=1S/C15H11F2N3O/c1-8-18-13-5-3-10(7-14(13)19-8)20-15(21)9-2-4-11(16)12(17)6-9/h2-7H,1H3,(H,18,19)(H,20,21). The maximum atomic E-state index is 13.1. The Hall–Kier alpha value is -2.76. The lowest BCUT2D eigenvalue weighted by Gasteiger charge is -2.05. The van der Waals surface area contributed by atoms with Crippen LogP contribution in [0.15, 0.2) is 36.4 Å². The number of carbonyl (C=O) groups is 1. The van der Waals surface area contributed by atoms with Crippen molar-refractivity contribution in [3.8, 4) is 0 Å². The first kappa shape index (κ1) is 13.2. The molecule has 2 N–H and O–H groups in total. The van der Waals surface area contributed by atoms with Gasteiger partial charge < -0.3 is 10.3 Å². The van der Waals surface area contributed by atoms with Crippen LogP contribution in [0.1, 0.15) is 16.2 Å². The minimum absolute atomic E-state index is 0.0507. The van der Waals surface area contributed by atoms with Gasteiger partial charge in [-0.2, -0.15) is 0 Å². The third-order valence-electron chi connectivity index (χ3n) is 3.04. The van der Waals surface area contributed by atoms with Crippen LogP contribution in [0.25, 0.3) is 11.0 Å².